The number of nitrogens with one attached hydrogen (secondary N) is 1. The van der Waals surface area contributed by atoms with E-state index >= 15 is 0 Å². The summed E-state index contributed by atoms with van der Waals surface area (Å²) in [6.07, 6.45) is 1.62. The lowest BCUT2D eigenvalue weighted by atomic mass is 10.3. The Hall–Kier alpha value is -0.940. The molecule has 0 aliphatic heterocycles. The molecule has 1 rings (SSSR count). The van der Waals surface area contributed by atoms with E-state index in [1.165, 1.54) is 0 Å². The van der Waals surface area contributed by atoms with Gasteiger partial charge in [-0.05, 0) is 34.7 Å². The Morgan fingerprint density at radius 3 is 2.65 bits per heavy atom. The summed E-state index contributed by atoms with van der Waals surface area (Å²) in [6, 6.07) is 0.962. The molecule has 0 unspecified atom stereocenters. The Morgan fingerprint density at radius 1 is 1.35 bits per heavy atom. The van der Waals surface area contributed by atoms with E-state index in [0.717, 1.165) is 25.5 Å². The Bertz CT molecular complexity index is 318. The van der Waals surface area contributed by atoms with Gasteiger partial charge in [-0.15, -0.1) is 0 Å². The third-order valence-electron chi connectivity index (χ3n) is 2.94. The van der Waals surface area contributed by atoms with Crippen molar-refractivity contribution in [3.63, 3.8) is 0 Å². The maximum atomic E-state index is 4.26. The van der Waals surface area contributed by atoms with Gasteiger partial charge in [0.05, 0.1) is 6.54 Å². The van der Waals surface area contributed by atoms with Crippen molar-refractivity contribution in [1.29, 1.82) is 0 Å². The molecule has 0 saturated heterocycles. The van der Waals surface area contributed by atoms with Crippen molar-refractivity contribution in [2.24, 2.45) is 0 Å². The summed E-state index contributed by atoms with van der Waals surface area (Å²) in [4.78, 5) is 6.58. The number of rotatable bonds is 7. The van der Waals surface area contributed by atoms with Crippen molar-refractivity contribution in [2.75, 3.05) is 20.1 Å². The van der Waals surface area contributed by atoms with Crippen LogP contribution >= 0.6 is 0 Å². The third-order valence-corrected chi connectivity index (χ3v) is 2.94. The lowest BCUT2D eigenvalue weighted by molar-refractivity contribution is 0.272. The first-order valence-corrected chi connectivity index (χ1v) is 6.31. The molecule has 0 radical (unpaired) electrons. The van der Waals surface area contributed by atoms with Gasteiger partial charge < -0.3 is 10.2 Å². The monoisotopic (exact) mass is 239 g/mol. The van der Waals surface area contributed by atoms with Crippen molar-refractivity contribution in [2.45, 2.75) is 46.3 Å². The number of hydrogen-bond acceptors (Lipinski definition) is 4. The third kappa shape index (κ3) is 4.44. The molecule has 0 aromatic carbocycles. The minimum absolute atomic E-state index is 0.368. The molecular weight excluding hydrogens is 214 g/mol. The van der Waals surface area contributed by atoms with E-state index in [4.69, 9.17) is 0 Å². The summed E-state index contributed by atoms with van der Waals surface area (Å²) in [5, 5.41) is 7.62. The van der Waals surface area contributed by atoms with Gasteiger partial charge in [-0.1, -0.05) is 0 Å². The van der Waals surface area contributed by atoms with E-state index < -0.39 is 0 Å². The SMILES string of the molecule is CC(C)N(C)CCNCc1ncnn1C(C)C. The maximum Gasteiger partial charge on any atom is 0.141 e. The van der Waals surface area contributed by atoms with Crippen LogP contribution in [0.15, 0.2) is 6.33 Å². The number of hydrogen-bond donors (Lipinski definition) is 1. The molecule has 0 bridgehead atoms. The molecule has 1 aromatic heterocycles. The maximum absolute atomic E-state index is 4.26. The quantitative estimate of drug-likeness (QED) is 0.728. The summed E-state index contributed by atoms with van der Waals surface area (Å²) in [7, 11) is 2.14. The summed E-state index contributed by atoms with van der Waals surface area (Å²) < 4.78 is 1.96. The highest BCUT2D eigenvalue weighted by atomic mass is 15.4. The van der Waals surface area contributed by atoms with Gasteiger partial charge in [0.2, 0.25) is 0 Å². The molecule has 0 spiro atoms. The van der Waals surface area contributed by atoms with Crippen LogP contribution in [-0.2, 0) is 6.54 Å². The predicted molar refractivity (Wildman–Crippen MR) is 69.9 cm³/mol. The second-order valence-corrected chi connectivity index (χ2v) is 4.97. The zero-order valence-corrected chi connectivity index (χ0v) is 11.6. The Balaban J connectivity index is 2.29. The van der Waals surface area contributed by atoms with E-state index in [1.54, 1.807) is 6.33 Å². The molecule has 1 aromatic rings. The summed E-state index contributed by atoms with van der Waals surface area (Å²) >= 11 is 0. The van der Waals surface area contributed by atoms with E-state index in [0.29, 0.717) is 12.1 Å². The van der Waals surface area contributed by atoms with Crippen LogP contribution in [0.3, 0.4) is 0 Å². The molecule has 17 heavy (non-hydrogen) atoms. The van der Waals surface area contributed by atoms with Crippen LogP contribution in [0.5, 0.6) is 0 Å². The van der Waals surface area contributed by atoms with Crippen LogP contribution in [0.25, 0.3) is 0 Å². The van der Waals surface area contributed by atoms with E-state index in [9.17, 15) is 0 Å². The van der Waals surface area contributed by atoms with Gasteiger partial charge in [-0.2, -0.15) is 5.10 Å². The largest absolute Gasteiger partial charge is 0.309 e. The fourth-order valence-corrected chi connectivity index (χ4v) is 1.55. The second kappa shape index (κ2) is 6.71. The minimum atomic E-state index is 0.368. The molecule has 1 N–H and O–H groups in total. The van der Waals surface area contributed by atoms with Crippen molar-refractivity contribution >= 4 is 0 Å². The molecule has 0 atom stereocenters. The molecule has 1 heterocycles. The van der Waals surface area contributed by atoms with Gasteiger partial charge >= 0.3 is 0 Å². The minimum Gasteiger partial charge on any atom is -0.309 e. The standard InChI is InChI=1S/C12H25N5/c1-10(2)16(5)7-6-13-8-12-14-9-15-17(12)11(3)4/h9-11,13H,6-8H2,1-5H3. The van der Waals surface area contributed by atoms with Crippen LogP contribution in [-0.4, -0.2) is 45.8 Å². The molecule has 0 fully saturated rings. The lowest BCUT2D eigenvalue weighted by Gasteiger charge is -2.21. The van der Waals surface area contributed by atoms with Crippen LogP contribution in [0, 0.1) is 0 Å². The normalized spacial score (nSPS) is 12.0. The molecule has 0 aliphatic carbocycles. The summed E-state index contributed by atoms with van der Waals surface area (Å²) in [5.74, 6) is 1.01. The van der Waals surface area contributed by atoms with Crippen LogP contribution in [0.4, 0.5) is 0 Å². The van der Waals surface area contributed by atoms with Crippen LogP contribution < -0.4 is 5.32 Å². The Morgan fingerprint density at radius 2 is 2.06 bits per heavy atom. The first-order chi connectivity index (χ1) is 8.02. The van der Waals surface area contributed by atoms with E-state index in [1.807, 2.05) is 4.68 Å². The Labute approximate surface area is 104 Å². The average Bonchev–Trinajstić information content (AvgIpc) is 2.72. The van der Waals surface area contributed by atoms with Crippen LogP contribution in [0.2, 0.25) is 0 Å². The van der Waals surface area contributed by atoms with Gasteiger partial charge in [0.15, 0.2) is 0 Å². The Kier molecular flexibility index (Phi) is 5.58. The van der Waals surface area contributed by atoms with Crippen molar-refractivity contribution in [3.05, 3.63) is 12.2 Å². The highest BCUT2D eigenvalue weighted by Gasteiger charge is 2.07. The van der Waals surface area contributed by atoms with E-state index in [-0.39, 0.29) is 0 Å². The second-order valence-electron chi connectivity index (χ2n) is 4.97. The molecule has 5 nitrogen and oxygen atoms in total. The molecule has 0 aliphatic rings. The summed E-state index contributed by atoms with van der Waals surface area (Å²) in [5.41, 5.74) is 0. The van der Waals surface area contributed by atoms with Gasteiger partial charge in [-0.25, -0.2) is 9.67 Å². The van der Waals surface area contributed by atoms with Crippen molar-refractivity contribution in [1.82, 2.24) is 25.0 Å². The van der Waals surface area contributed by atoms with Crippen molar-refractivity contribution < 1.29 is 0 Å². The zero-order valence-electron chi connectivity index (χ0n) is 11.6. The molecule has 0 saturated carbocycles. The van der Waals surface area contributed by atoms with Crippen molar-refractivity contribution in [3.8, 4) is 0 Å². The molecular formula is C12H25N5. The fourth-order valence-electron chi connectivity index (χ4n) is 1.55. The average molecular weight is 239 g/mol. The molecule has 98 valence electrons. The summed E-state index contributed by atoms with van der Waals surface area (Å²) in [6.45, 7) is 11.4. The van der Waals surface area contributed by atoms with E-state index in [2.05, 4.69) is 55.0 Å². The topological polar surface area (TPSA) is 46.0 Å². The predicted octanol–water partition coefficient (Wildman–Crippen LogP) is 1.29. The van der Waals surface area contributed by atoms with Gasteiger partial charge in [0.25, 0.3) is 0 Å². The number of nitrogens with zero attached hydrogens (tertiary/aromatic N) is 4. The zero-order chi connectivity index (χ0) is 12.8. The van der Waals surface area contributed by atoms with Gasteiger partial charge in [0, 0.05) is 25.2 Å². The highest BCUT2D eigenvalue weighted by molar-refractivity contribution is 4.85. The first-order valence-electron chi connectivity index (χ1n) is 6.31. The lowest BCUT2D eigenvalue weighted by Crippen LogP contribution is -2.34. The number of likely N-dealkylation sites (N-methyl/N-ethyl adjacent to an activating group) is 1. The van der Waals surface area contributed by atoms with Gasteiger partial charge in [-0.3, -0.25) is 0 Å². The first kappa shape index (κ1) is 14.1. The number of aromatic nitrogens is 3. The molecule has 5 heteroatoms. The van der Waals surface area contributed by atoms with Crippen LogP contribution in [0.1, 0.15) is 39.6 Å². The smallest absolute Gasteiger partial charge is 0.141 e. The van der Waals surface area contributed by atoms with Gasteiger partial charge in [0.1, 0.15) is 12.2 Å². The molecule has 0 amide bonds. The fraction of sp³-hybridized carbons (Fsp3) is 0.833. The highest BCUT2D eigenvalue weighted by Crippen LogP contribution is 2.04.